The zero-order valence-corrected chi connectivity index (χ0v) is 11.9. The fraction of sp³-hybridized carbons (Fsp3) is 1.00. The lowest BCUT2D eigenvalue weighted by Gasteiger charge is -2.53. The summed E-state index contributed by atoms with van der Waals surface area (Å²) in [7, 11) is 0. The Morgan fingerprint density at radius 2 is 1.94 bits per heavy atom. The summed E-state index contributed by atoms with van der Waals surface area (Å²) in [4.78, 5) is 2.77. The molecule has 1 aliphatic carbocycles. The van der Waals surface area contributed by atoms with Gasteiger partial charge in [0.1, 0.15) is 0 Å². The number of hydrogen-bond acceptors (Lipinski definition) is 2. The summed E-state index contributed by atoms with van der Waals surface area (Å²) < 4.78 is 0. The molecule has 2 N–H and O–H groups in total. The summed E-state index contributed by atoms with van der Waals surface area (Å²) in [6, 6.07) is 0.729. The minimum atomic E-state index is 0.331. The molecule has 0 aromatic carbocycles. The van der Waals surface area contributed by atoms with Crippen LogP contribution in [0.15, 0.2) is 0 Å². The number of nitrogens with two attached hydrogens (primary N) is 1. The molecule has 0 aromatic rings. The van der Waals surface area contributed by atoms with Gasteiger partial charge < -0.3 is 5.73 Å². The molecule has 2 rings (SSSR count). The molecule has 2 nitrogen and oxygen atoms in total. The first-order valence-electron chi connectivity index (χ1n) is 7.54. The topological polar surface area (TPSA) is 29.3 Å². The van der Waals surface area contributed by atoms with E-state index in [1.54, 1.807) is 0 Å². The number of hydrogen-bond donors (Lipinski definition) is 1. The molecule has 100 valence electrons. The Bertz CT molecular complexity index is 253. The van der Waals surface area contributed by atoms with Crippen molar-refractivity contribution < 1.29 is 0 Å². The molecule has 4 unspecified atom stereocenters. The molecule has 1 heterocycles. The normalized spacial score (nSPS) is 44.8. The Morgan fingerprint density at radius 1 is 1.18 bits per heavy atom. The van der Waals surface area contributed by atoms with E-state index in [0.717, 1.165) is 24.4 Å². The third-order valence-corrected chi connectivity index (χ3v) is 5.20. The molecule has 2 heteroatoms. The van der Waals surface area contributed by atoms with Crippen molar-refractivity contribution in [3.05, 3.63) is 0 Å². The summed E-state index contributed by atoms with van der Waals surface area (Å²) in [6.07, 6.45) is 8.14. The van der Waals surface area contributed by atoms with Crippen LogP contribution in [0.25, 0.3) is 0 Å². The molecule has 2 fully saturated rings. The number of rotatable bonds is 2. The van der Waals surface area contributed by atoms with Crippen LogP contribution >= 0.6 is 0 Å². The number of piperidine rings is 1. The molecule has 1 saturated carbocycles. The first kappa shape index (κ1) is 13.4. The quantitative estimate of drug-likeness (QED) is 0.801. The second kappa shape index (κ2) is 5.27. The maximum absolute atomic E-state index is 6.19. The smallest absolute Gasteiger partial charge is 0.0337 e. The molecule has 1 saturated heterocycles. The highest BCUT2D eigenvalue weighted by atomic mass is 15.2. The molecule has 0 radical (unpaired) electrons. The Morgan fingerprint density at radius 3 is 2.53 bits per heavy atom. The largest absolute Gasteiger partial charge is 0.329 e. The molecule has 0 amide bonds. The lowest BCUT2D eigenvalue weighted by atomic mass is 9.73. The Hall–Kier alpha value is -0.0800. The van der Waals surface area contributed by atoms with Gasteiger partial charge in [-0.1, -0.05) is 26.7 Å². The Labute approximate surface area is 107 Å². The first-order chi connectivity index (χ1) is 8.07. The summed E-state index contributed by atoms with van der Waals surface area (Å²) in [5, 5.41) is 0. The standard InChI is InChI=1S/C15H30N2/c1-12-6-8-17(14(3)9-12)15(11-16)7-4-5-13(2)10-15/h12-14H,4-11,16H2,1-3H3. The maximum Gasteiger partial charge on any atom is 0.0337 e. The number of nitrogens with zero attached hydrogens (tertiary/aromatic N) is 1. The van der Waals surface area contributed by atoms with E-state index in [4.69, 9.17) is 5.73 Å². The summed E-state index contributed by atoms with van der Waals surface area (Å²) >= 11 is 0. The van der Waals surface area contributed by atoms with E-state index in [1.807, 2.05) is 0 Å². The van der Waals surface area contributed by atoms with Crippen LogP contribution in [0.1, 0.15) is 59.3 Å². The van der Waals surface area contributed by atoms with Crippen LogP contribution in [-0.4, -0.2) is 29.6 Å². The lowest BCUT2D eigenvalue weighted by molar-refractivity contribution is -0.0193. The third kappa shape index (κ3) is 2.68. The van der Waals surface area contributed by atoms with Gasteiger partial charge in [0.15, 0.2) is 0 Å². The van der Waals surface area contributed by atoms with Crippen molar-refractivity contribution in [1.82, 2.24) is 4.90 Å². The van der Waals surface area contributed by atoms with Crippen LogP contribution in [-0.2, 0) is 0 Å². The minimum Gasteiger partial charge on any atom is -0.329 e. The van der Waals surface area contributed by atoms with Crippen molar-refractivity contribution in [1.29, 1.82) is 0 Å². The van der Waals surface area contributed by atoms with Gasteiger partial charge in [-0.05, 0) is 51.0 Å². The predicted molar refractivity (Wildman–Crippen MR) is 74.0 cm³/mol. The molecule has 0 bridgehead atoms. The van der Waals surface area contributed by atoms with E-state index in [9.17, 15) is 0 Å². The van der Waals surface area contributed by atoms with Crippen molar-refractivity contribution >= 4 is 0 Å². The summed E-state index contributed by atoms with van der Waals surface area (Å²) in [5.74, 6) is 1.76. The van der Waals surface area contributed by atoms with E-state index < -0.39 is 0 Å². The van der Waals surface area contributed by atoms with Gasteiger partial charge in [0, 0.05) is 18.1 Å². The number of likely N-dealkylation sites (tertiary alicyclic amines) is 1. The highest BCUT2D eigenvalue weighted by Crippen LogP contribution is 2.40. The van der Waals surface area contributed by atoms with Crippen LogP contribution in [0.2, 0.25) is 0 Å². The molecule has 4 atom stereocenters. The van der Waals surface area contributed by atoms with Gasteiger partial charge in [0.2, 0.25) is 0 Å². The highest BCUT2D eigenvalue weighted by molar-refractivity contribution is 4.99. The Kier molecular flexibility index (Phi) is 4.14. The fourth-order valence-electron chi connectivity index (χ4n) is 4.31. The van der Waals surface area contributed by atoms with E-state index in [0.29, 0.717) is 5.54 Å². The van der Waals surface area contributed by atoms with Crippen LogP contribution < -0.4 is 5.73 Å². The van der Waals surface area contributed by atoms with Gasteiger partial charge in [0.25, 0.3) is 0 Å². The van der Waals surface area contributed by atoms with E-state index in [2.05, 4.69) is 25.7 Å². The van der Waals surface area contributed by atoms with Crippen molar-refractivity contribution in [3.8, 4) is 0 Å². The minimum absolute atomic E-state index is 0.331. The van der Waals surface area contributed by atoms with Crippen molar-refractivity contribution in [2.24, 2.45) is 17.6 Å². The van der Waals surface area contributed by atoms with Crippen LogP contribution in [0.4, 0.5) is 0 Å². The SMILES string of the molecule is CC1CCN(C2(CN)CCCC(C)C2)C(C)C1. The molecular weight excluding hydrogens is 208 g/mol. The molecular formula is C15H30N2. The highest BCUT2D eigenvalue weighted by Gasteiger charge is 2.42. The molecule has 2 aliphatic rings. The van der Waals surface area contributed by atoms with Gasteiger partial charge >= 0.3 is 0 Å². The van der Waals surface area contributed by atoms with E-state index >= 15 is 0 Å². The average molecular weight is 238 g/mol. The second-order valence-electron chi connectivity index (χ2n) is 6.80. The van der Waals surface area contributed by atoms with Gasteiger partial charge in [-0.2, -0.15) is 0 Å². The molecule has 1 aliphatic heterocycles. The molecule has 17 heavy (non-hydrogen) atoms. The third-order valence-electron chi connectivity index (χ3n) is 5.20. The van der Waals surface area contributed by atoms with Crippen molar-refractivity contribution in [3.63, 3.8) is 0 Å². The average Bonchev–Trinajstić information content (AvgIpc) is 2.28. The van der Waals surface area contributed by atoms with Gasteiger partial charge in [-0.25, -0.2) is 0 Å². The monoisotopic (exact) mass is 238 g/mol. The van der Waals surface area contributed by atoms with Gasteiger partial charge in [-0.15, -0.1) is 0 Å². The van der Waals surface area contributed by atoms with Crippen molar-refractivity contribution in [2.45, 2.75) is 70.9 Å². The van der Waals surface area contributed by atoms with Gasteiger partial charge in [0.05, 0.1) is 0 Å². The lowest BCUT2D eigenvalue weighted by Crippen LogP contribution is -2.61. The fourth-order valence-corrected chi connectivity index (χ4v) is 4.31. The van der Waals surface area contributed by atoms with Crippen LogP contribution in [0.5, 0.6) is 0 Å². The van der Waals surface area contributed by atoms with E-state index in [-0.39, 0.29) is 0 Å². The zero-order chi connectivity index (χ0) is 12.5. The van der Waals surface area contributed by atoms with E-state index in [1.165, 1.54) is 45.1 Å². The van der Waals surface area contributed by atoms with Gasteiger partial charge in [-0.3, -0.25) is 4.90 Å². The Balaban J connectivity index is 2.11. The zero-order valence-electron chi connectivity index (χ0n) is 11.9. The van der Waals surface area contributed by atoms with Crippen molar-refractivity contribution in [2.75, 3.05) is 13.1 Å². The predicted octanol–water partition coefficient (Wildman–Crippen LogP) is 3.01. The summed E-state index contributed by atoms with van der Waals surface area (Å²) in [6.45, 7) is 9.34. The van der Waals surface area contributed by atoms with Crippen LogP contribution in [0.3, 0.4) is 0 Å². The van der Waals surface area contributed by atoms with Crippen LogP contribution in [0, 0.1) is 11.8 Å². The summed E-state index contributed by atoms with van der Waals surface area (Å²) in [5.41, 5.74) is 6.52. The second-order valence-corrected chi connectivity index (χ2v) is 6.80. The first-order valence-corrected chi connectivity index (χ1v) is 7.54. The maximum atomic E-state index is 6.19. The molecule has 0 spiro atoms. The molecule has 0 aromatic heterocycles.